The fourth-order valence-corrected chi connectivity index (χ4v) is 5.90. The summed E-state index contributed by atoms with van der Waals surface area (Å²) < 4.78 is 29.0. The van der Waals surface area contributed by atoms with Gasteiger partial charge >= 0.3 is 0 Å². The highest BCUT2D eigenvalue weighted by molar-refractivity contribution is 7.92. The van der Waals surface area contributed by atoms with Crippen LogP contribution in [-0.2, 0) is 26.2 Å². The predicted molar refractivity (Wildman–Crippen MR) is 161 cm³/mol. The van der Waals surface area contributed by atoms with Gasteiger partial charge in [0.1, 0.15) is 12.6 Å². The Morgan fingerprint density at radius 3 is 2.17 bits per heavy atom. The van der Waals surface area contributed by atoms with E-state index in [9.17, 15) is 18.0 Å². The lowest BCUT2D eigenvalue weighted by atomic mass is 10.1. The largest absolute Gasteiger partial charge is 0.350 e. The Hall–Kier alpha value is -3.07. The Bertz CT molecular complexity index is 1490. The molecule has 0 radical (unpaired) electrons. The molecular formula is C30H35Cl2N3O4S. The second-order valence-corrected chi connectivity index (χ2v) is 13.5. The van der Waals surface area contributed by atoms with Gasteiger partial charge in [-0.2, -0.15) is 0 Å². The number of hydrogen-bond acceptors (Lipinski definition) is 4. The molecule has 2 amide bonds. The van der Waals surface area contributed by atoms with Crippen molar-refractivity contribution in [1.29, 1.82) is 0 Å². The van der Waals surface area contributed by atoms with Crippen LogP contribution in [0.5, 0.6) is 0 Å². The normalized spacial score (nSPS) is 12.5. The molecule has 0 aliphatic heterocycles. The minimum Gasteiger partial charge on any atom is -0.350 e. The van der Waals surface area contributed by atoms with Crippen LogP contribution in [0.15, 0.2) is 71.6 Å². The lowest BCUT2D eigenvalue weighted by molar-refractivity contribution is -0.140. The number of nitrogens with zero attached hydrogens (tertiary/aromatic N) is 2. The van der Waals surface area contributed by atoms with Gasteiger partial charge in [-0.05, 0) is 83.0 Å². The summed E-state index contributed by atoms with van der Waals surface area (Å²) in [4.78, 5) is 28.6. The first-order chi connectivity index (χ1) is 18.6. The molecule has 1 N–H and O–H groups in total. The van der Waals surface area contributed by atoms with E-state index in [4.69, 9.17) is 23.2 Å². The van der Waals surface area contributed by atoms with Gasteiger partial charge in [-0.15, -0.1) is 0 Å². The molecule has 0 unspecified atom stereocenters. The van der Waals surface area contributed by atoms with E-state index in [0.717, 1.165) is 9.87 Å². The molecule has 0 aromatic heterocycles. The van der Waals surface area contributed by atoms with E-state index in [1.807, 2.05) is 27.7 Å². The third-order valence-corrected chi connectivity index (χ3v) is 8.67. The molecule has 0 saturated heterocycles. The monoisotopic (exact) mass is 603 g/mol. The summed E-state index contributed by atoms with van der Waals surface area (Å²) in [7, 11) is -4.19. The maximum atomic E-state index is 14.0. The second kappa shape index (κ2) is 12.6. The van der Waals surface area contributed by atoms with Crippen molar-refractivity contribution in [2.45, 2.75) is 64.6 Å². The lowest BCUT2D eigenvalue weighted by Crippen LogP contribution is -2.54. The number of rotatable bonds is 9. The van der Waals surface area contributed by atoms with Crippen molar-refractivity contribution in [1.82, 2.24) is 10.2 Å². The molecule has 0 fully saturated rings. The van der Waals surface area contributed by atoms with Crippen LogP contribution in [-0.4, -0.2) is 43.3 Å². The van der Waals surface area contributed by atoms with Gasteiger partial charge in [-0.1, -0.05) is 65.2 Å². The van der Waals surface area contributed by atoms with E-state index in [2.05, 4.69) is 5.32 Å². The minimum atomic E-state index is -4.19. The minimum absolute atomic E-state index is 0.00415. The number of nitrogens with one attached hydrogen (secondary N) is 1. The Morgan fingerprint density at radius 2 is 1.57 bits per heavy atom. The highest BCUT2D eigenvalue weighted by Gasteiger charge is 2.34. The average Bonchev–Trinajstić information content (AvgIpc) is 2.87. The highest BCUT2D eigenvalue weighted by Crippen LogP contribution is 2.30. The zero-order chi connectivity index (χ0) is 29.8. The Labute approximate surface area is 247 Å². The van der Waals surface area contributed by atoms with Crippen LogP contribution in [0.2, 0.25) is 10.0 Å². The summed E-state index contributed by atoms with van der Waals surface area (Å²) in [6.45, 7) is 10.2. The molecule has 3 rings (SSSR count). The molecule has 3 aromatic rings. The van der Waals surface area contributed by atoms with E-state index in [-0.39, 0.29) is 23.0 Å². The van der Waals surface area contributed by atoms with Crippen molar-refractivity contribution in [3.8, 4) is 0 Å². The molecule has 214 valence electrons. The first kappa shape index (κ1) is 31.5. The van der Waals surface area contributed by atoms with Crippen LogP contribution in [0.25, 0.3) is 0 Å². The third-order valence-electron chi connectivity index (χ3n) is 6.29. The van der Waals surface area contributed by atoms with Crippen molar-refractivity contribution in [3.05, 3.63) is 93.5 Å². The van der Waals surface area contributed by atoms with Crippen LogP contribution >= 0.6 is 23.2 Å². The zero-order valence-electron chi connectivity index (χ0n) is 23.5. The maximum Gasteiger partial charge on any atom is 0.264 e. The van der Waals surface area contributed by atoms with E-state index >= 15 is 0 Å². The smallest absolute Gasteiger partial charge is 0.264 e. The number of aryl methyl sites for hydroxylation is 2. The number of amides is 2. The SMILES string of the molecule is Cc1ccc(S(=O)(=O)N(CC(=O)N(Cc2ccccc2Cl)[C@H](C)C(=O)NC(C)(C)C)c2cc(Cl)ccc2C)cc1. The summed E-state index contributed by atoms with van der Waals surface area (Å²) in [5.74, 6) is -0.952. The fraction of sp³-hybridized carbons (Fsp3) is 0.333. The summed E-state index contributed by atoms with van der Waals surface area (Å²) in [5, 5.41) is 3.65. The molecule has 0 aliphatic rings. The summed E-state index contributed by atoms with van der Waals surface area (Å²) in [6.07, 6.45) is 0. The first-order valence-electron chi connectivity index (χ1n) is 12.8. The van der Waals surface area contributed by atoms with Gasteiger partial charge in [0, 0.05) is 22.1 Å². The molecule has 7 nitrogen and oxygen atoms in total. The van der Waals surface area contributed by atoms with Crippen LogP contribution in [0.1, 0.15) is 44.4 Å². The summed E-state index contributed by atoms with van der Waals surface area (Å²) in [6, 6.07) is 17.4. The fourth-order valence-electron chi connectivity index (χ4n) is 4.07. The lowest BCUT2D eigenvalue weighted by Gasteiger charge is -2.34. The number of halogens is 2. The van der Waals surface area contributed by atoms with E-state index in [0.29, 0.717) is 21.2 Å². The van der Waals surface area contributed by atoms with E-state index < -0.39 is 34.1 Å². The molecule has 0 spiro atoms. The van der Waals surface area contributed by atoms with Crippen molar-refractivity contribution >= 4 is 50.7 Å². The van der Waals surface area contributed by atoms with Crippen molar-refractivity contribution in [2.24, 2.45) is 0 Å². The molecule has 10 heteroatoms. The number of hydrogen-bond donors (Lipinski definition) is 1. The highest BCUT2D eigenvalue weighted by atomic mass is 35.5. The van der Waals surface area contributed by atoms with Crippen molar-refractivity contribution in [2.75, 3.05) is 10.8 Å². The number of carbonyl (C=O) groups is 2. The van der Waals surface area contributed by atoms with Crippen LogP contribution < -0.4 is 9.62 Å². The quantitative estimate of drug-likeness (QED) is 0.318. The topological polar surface area (TPSA) is 86.8 Å². The van der Waals surface area contributed by atoms with Crippen molar-refractivity contribution < 1.29 is 18.0 Å². The second-order valence-electron chi connectivity index (χ2n) is 10.8. The number of sulfonamides is 1. The van der Waals surface area contributed by atoms with Gasteiger partial charge in [-0.25, -0.2) is 8.42 Å². The van der Waals surface area contributed by atoms with Gasteiger partial charge in [0.2, 0.25) is 11.8 Å². The van der Waals surface area contributed by atoms with Gasteiger partial charge in [-0.3, -0.25) is 13.9 Å². The average molecular weight is 605 g/mol. The molecule has 0 aliphatic carbocycles. The number of benzene rings is 3. The van der Waals surface area contributed by atoms with Gasteiger partial charge in [0.05, 0.1) is 10.6 Å². The molecule has 3 aromatic carbocycles. The summed E-state index contributed by atoms with van der Waals surface area (Å²) in [5.41, 5.74) is 1.86. The van der Waals surface area contributed by atoms with Gasteiger partial charge in [0.25, 0.3) is 10.0 Å². The number of anilines is 1. The Balaban J connectivity index is 2.09. The summed E-state index contributed by atoms with van der Waals surface area (Å²) >= 11 is 12.7. The van der Waals surface area contributed by atoms with Gasteiger partial charge < -0.3 is 10.2 Å². The molecule has 40 heavy (non-hydrogen) atoms. The molecule has 0 saturated carbocycles. The molecule has 0 bridgehead atoms. The Kier molecular flexibility index (Phi) is 9.93. The van der Waals surface area contributed by atoms with Crippen LogP contribution in [0, 0.1) is 13.8 Å². The standard InChI is InChI=1S/C30H35Cl2N3O4S/c1-20-11-15-25(16-12-20)40(38,39)35(27-17-24(31)14-13-21(27)2)19-28(36)34(18-23-9-7-8-10-26(23)32)22(3)29(37)33-30(4,5)6/h7-17,22H,18-19H2,1-6H3,(H,33,37)/t22-/m1/s1. The number of carbonyl (C=O) groups excluding carboxylic acids is 2. The molecule has 0 heterocycles. The van der Waals surface area contributed by atoms with Crippen LogP contribution in [0.4, 0.5) is 5.69 Å². The molecule has 1 atom stereocenters. The van der Waals surface area contributed by atoms with Gasteiger partial charge in [0.15, 0.2) is 0 Å². The Morgan fingerprint density at radius 1 is 0.950 bits per heavy atom. The van der Waals surface area contributed by atoms with Crippen molar-refractivity contribution in [3.63, 3.8) is 0 Å². The van der Waals surface area contributed by atoms with Crippen LogP contribution in [0.3, 0.4) is 0 Å². The zero-order valence-corrected chi connectivity index (χ0v) is 25.9. The van der Waals surface area contributed by atoms with E-state index in [1.165, 1.54) is 23.1 Å². The predicted octanol–water partition coefficient (Wildman–Crippen LogP) is 6.14. The molecular weight excluding hydrogens is 569 g/mol. The maximum absolute atomic E-state index is 14.0. The van der Waals surface area contributed by atoms with E-state index in [1.54, 1.807) is 62.4 Å². The first-order valence-corrected chi connectivity index (χ1v) is 15.0. The third kappa shape index (κ3) is 7.77.